The van der Waals surface area contributed by atoms with Crippen LogP contribution < -0.4 is 10.6 Å². The number of hydrogen-bond acceptors (Lipinski definition) is 3. The highest BCUT2D eigenvalue weighted by molar-refractivity contribution is 6.08. The molecule has 3 atom stereocenters. The Bertz CT molecular complexity index is 437. The van der Waals surface area contributed by atoms with Crippen molar-refractivity contribution in [1.29, 1.82) is 0 Å². The number of nitrogens with zero attached hydrogens (tertiary/aromatic N) is 1. The summed E-state index contributed by atoms with van der Waals surface area (Å²) in [5, 5.41) is 5.55. The van der Waals surface area contributed by atoms with E-state index in [4.69, 9.17) is 0 Å². The van der Waals surface area contributed by atoms with E-state index in [-0.39, 0.29) is 24.4 Å². The Balaban J connectivity index is 1.91. The van der Waals surface area contributed by atoms with Crippen molar-refractivity contribution in [3.05, 3.63) is 0 Å². The van der Waals surface area contributed by atoms with Crippen molar-refractivity contribution < 1.29 is 14.4 Å². The Labute approximate surface area is 119 Å². The van der Waals surface area contributed by atoms with Gasteiger partial charge in [0.2, 0.25) is 5.91 Å². The second kappa shape index (κ2) is 5.42. The molecule has 0 spiro atoms. The van der Waals surface area contributed by atoms with Gasteiger partial charge >= 0.3 is 6.03 Å². The zero-order chi connectivity index (χ0) is 14.9. The van der Waals surface area contributed by atoms with Gasteiger partial charge < -0.3 is 10.6 Å². The lowest BCUT2D eigenvalue weighted by Crippen LogP contribution is -2.45. The molecule has 20 heavy (non-hydrogen) atoms. The van der Waals surface area contributed by atoms with Crippen molar-refractivity contribution in [2.45, 2.75) is 58.0 Å². The van der Waals surface area contributed by atoms with Crippen molar-refractivity contribution in [2.75, 3.05) is 6.54 Å². The summed E-state index contributed by atoms with van der Waals surface area (Å²) < 4.78 is 0. The molecule has 1 saturated heterocycles. The Morgan fingerprint density at radius 2 is 2.15 bits per heavy atom. The Morgan fingerprint density at radius 3 is 2.65 bits per heavy atom. The zero-order valence-corrected chi connectivity index (χ0v) is 12.4. The minimum absolute atomic E-state index is 0.177. The largest absolute Gasteiger partial charge is 0.352 e. The minimum Gasteiger partial charge on any atom is -0.352 e. The van der Waals surface area contributed by atoms with E-state index >= 15 is 0 Å². The average Bonchev–Trinajstić information content (AvgIpc) is 2.87. The summed E-state index contributed by atoms with van der Waals surface area (Å²) in [5.41, 5.74) is -0.876. The Morgan fingerprint density at radius 1 is 1.45 bits per heavy atom. The molecule has 4 amide bonds. The number of nitrogens with one attached hydrogen (secondary N) is 2. The first-order valence-corrected chi connectivity index (χ1v) is 7.29. The van der Waals surface area contributed by atoms with Gasteiger partial charge in [-0.3, -0.25) is 14.5 Å². The molecule has 0 radical (unpaired) electrons. The van der Waals surface area contributed by atoms with Crippen LogP contribution >= 0.6 is 0 Å². The van der Waals surface area contributed by atoms with Crippen LogP contribution in [0.2, 0.25) is 0 Å². The van der Waals surface area contributed by atoms with Gasteiger partial charge in [-0.2, -0.15) is 0 Å². The molecule has 1 aliphatic heterocycles. The fourth-order valence-electron chi connectivity index (χ4n) is 2.89. The van der Waals surface area contributed by atoms with E-state index in [1.807, 2.05) is 6.92 Å². The summed E-state index contributed by atoms with van der Waals surface area (Å²) in [7, 11) is 0. The van der Waals surface area contributed by atoms with Crippen LogP contribution in [0.5, 0.6) is 0 Å². The second-order valence-corrected chi connectivity index (χ2v) is 6.19. The van der Waals surface area contributed by atoms with Gasteiger partial charge in [-0.15, -0.1) is 0 Å². The smallest absolute Gasteiger partial charge is 0.325 e. The van der Waals surface area contributed by atoms with Crippen molar-refractivity contribution in [1.82, 2.24) is 15.5 Å². The number of rotatable bonds is 4. The standard InChI is InChI=1S/C14H23N3O3/c1-4-14(3)12(19)17(13(20)16-14)8-11(18)15-10-6-5-9(2)7-10/h9-10H,4-8H2,1-3H3,(H,15,18)(H,16,20). The molecule has 6 heteroatoms. The van der Waals surface area contributed by atoms with E-state index in [2.05, 4.69) is 17.6 Å². The zero-order valence-electron chi connectivity index (χ0n) is 12.4. The first-order valence-electron chi connectivity index (χ1n) is 7.29. The number of carbonyl (C=O) groups is 3. The van der Waals surface area contributed by atoms with Gasteiger partial charge in [-0.25, -0.2) is 4.79 Å². The highest BCUT2D eigenvalue weighted by atomic mass is 16.2. The van der Waals surface area contributed by atoms with Gasteiger partial charge in [0, 0.05) is 6.04 Å². The number of amides is 4. The summed E-state index contributed by atoms with van der Waals surface area (Å²) in [4.78, 5) is 36.9. The molecule has 1 saturated carbocycles. The molecule has 2 aliphatic rings. The summed E-state index contributed by atoms with van der Waals surface area (Å²) in [6.45, 7) is 5.49. The normalized spacial score (nSPS) is 33.5. The summed E-state index contributed by atoms with van der Waals surface area (Å²) in [5.74, 6) is 0.0493. The van der Waals surface area contributed by atoms with Gasteiger partial charge in [-0.1, -0.05) is 13.8 Å². The lowest BCUT2D eigenvalue weighted by molar-refractivity contribution is -0.134. The van der Waals surface area contributed by atoms with Crippen LogP contribution in [0, 0.1) is 5.92 Å². The predicted octanol–water partition coefficient (Wildman–Crippen LogP) is 1.01. The van der Waals surface area contributed by atoms with Gasteiger partial charge in [0.1, 0.15) is 12.1 Å². The molecule has 0 aromatic carbocycles. The fraction of sp³-hybridized carbons (Fsp3) is 0.786. The van der Waals surface area contributed by atoms with Crippen molar-refractivity contribution in [3.8, 4) is 0 Å². The molecule has 0 aromatic rings. The summed E-state index contributed by atoms with van der Waals surface area (Å²) in [6, 6.07) is -0.301. The quantitative estimate of drug-likeness (QED) is 0.755. The average molecular weight is 281 g/mol. The third-order valence-corrected chi connectivity index (χ3v) is 4.41. The molecular weight excluding hydrogens is 258 g/mol. The van der Waals surface area contributed by atoms with E-state index < -0.39 is 11.6 Å². The third-order valence-electron chi connectivity index (χ3n) is 4.41. The van der Waals surface area contributed by atoms with Crippen molar-refractivity contribution in [3.63, 3.8) is 0 Å². The summed E-state index contributed by atoms with van der Waals surface area (Å²) in [6.07, 6.45) is 3.57. The van der Waals surface area contributed by atoms with Crippen LogP contribution in [-0.4, -0.2) is 40.9 Å². The van der Waals surface area contributed by atoms with Gasteiger partial charge in [0.25, 0.3) is 5.91 Å². The van der Waals surface area contributed by atoms with Crippen molar-refractivity contribution in [2.24, 2.45) is 5.92 Å². The maximum absolute atomic E-state index is 12.2. The third kappa shape index (κ3) is 2.78. The molecule has 0 bridgehead atoms. The molecule has 3 unspecified atom stereocenters. The highest BCUT2D eigenvalue weighted by Gasteiger charge is 2.47. The second-order valence-electron chi connectivity index (χ2n) is 6.19. The maximum atomic E-state index is 12.2. The Kier molecular flexibility index (Phi) is 4.01. The van der Waals surface area contributed by atoms with Gasteiger partial charge in [-0.05, 0) is 38.5 Å². The first-order chi connectivity index (χ1) is 9.35. The van der Waals surface area contributed by atoms with Crippen LogP contribution in [0.4, 0.5) is 4.79 Å². The SMILES string of the molecule is CCC1(C)NC(=O)N(CC(=O)NC2CCC(C)C2)C1=O. The molecule has 1 aliphatic carbocycles. The molecule has 2 N–H and O–H groups in total. The Hall–Kier alpha value is -1.59. The van der Waals surface area contributed by atoms with Crippen LogP contribution in [0.25, 0.3) is 0 Å². The van der Waals surface area contributed by atoms with Gasteiger partial charge in [0.15, 0.2) is 0 Å². The first kappa shape index (κ1) is 14.8. The van der Waals surface area contributed by atoms with Crippen LogP contribution in [0.3, 0.4) is 0 Å². The molecule has 6 nitrogen and oxygen atoms in total. The molecule has 1 heterocycles. The lowest BCUT2D eigenvalue weighted by atomic mass is 9.99. The van der Waals surface area contributed by atoms with E-state index in [1.54, 1.807) is 6.92 Å². The number of imide groups is 1. The van der Waals surface area contributed by atoms with Crippen LogP contribution in [0.15, 0.2) is 0 Å². The van der Waals surface area contributed by atoms with Gasteiger partial charge in [0.05, 0.1) is 0 Å². The highest BCUT2D eigenvalue weighted by Crippen LogP contribution is 2.25. The van der Waals surface area contributed by atoms with Crippen LogP contribution in [0.1, 0.15) is 46.5 Å². The topological polar surface area (TPSA) is 78.5 Å². The molecular formula is C14H23N3O3. The number of hydrogen-bond donors (Lipinski definition) is 2. The fourth-order valence-corrected chi connectivity index (χ4v) is 2.89. The van der Waals surface area contributed by atoms with E-state index in [0.717, 1.165) is 24.2 Å². The van der Waals surface area contributed by atoms with E-state index in [9.17, 15) is 14.4 Å². The maximum Gasteiger partial charge on any atom is 0.325 e. The van der Waals surface area contributed by atoms with E-state index in [1.165, 1.54) is 0 Å². The van der Waals surface area contributed by atoms with Crippen molar-refractivity contribution >= 4 is 17.8 Å². The molecule has 2 rings (SSSR count). The monoisotopic (exact) mass is 281 g/mol. The number of carbonyl (C=O) groups excluding carboxylic acids is 3. The number of urea groups is 1. The summed E-state index contributed by atoms with van der Waals surface area (Å²) >= 11 is 0. The molecule has 2 fully saturated rings. The molecule has 112 valence electrons. The molecule has 0 aromatic heterocycles. The minimum atomic E-state index is -0.876. The lowest BCUT2D eigenvalue weighted by Gasteiger charge is -2.19. The van der Waals surface area contributed by atoms with Crippen LogP contribution in [-0.2, 0) is 9.59 Å². The van der Waals surface area contributed by atoms with E-state index in [0.29, 0.717) is 12.3 Å². The predicted molar refractivity (Wildman–Crippen MR) is 73.9 cm³/mol.